The first-order valence-electron chi connectivity index (χ1n) is 3.38. The molecule has 10 heavy (non-hydrogen) atoms. The molecular formula is C8H14IN. The summed E-state index contributed by atoms with van der Waals surface area (Å²) in [4.78, 5) is 0. The first-order chi connectivity index (χ1) is 4.46. The lowest BCUT2D eigenvalue weighted by Gasteiger charge is -2.07. The minimum atomic E-state index is 0.556. The van der Waals surface area contributed by atoms with Crippen LogP contribution in [0.4, 0.5) is 0 Å². The molecule has 0 aromatic rings. The van der Waals surface area contributed by atoms with Gasteiger partial charge in [0.1, 0.15) is 0 Å². The maximum Gasteiger partial charge on any atom is 0.0319 e. The Bertz CT molecular complexity index is 168. The fourth-order valence-corrected chi connectivity index (χ4v) is 1.02. The quantitative estimate of drug-likeness (QED) is 0.574. The number of halogens is 1. The summed E-state index contributed by atoms with van der Waals surface area (Å²) >= 11 is 2.31. The molecular weight excluding hydrogens is 237 g/mol. The summed E-state index contributed by atoms with van der Waals surface area (Å²) in [7, 11) is 0. The molecule has 2 heteroatoms. The Balaban J connectivity index is 4.50. The fraction of sp³-hybridized carbons (Fsp3) is 0.625. The van der Waals surface area contributed by atoms with Crippen LogP contribution in [-0.2, 0) is 0 Å². The highest BCUT2D eigenvalue weighted by atomic mass is 127. The van der Waals surface area contributed by atoms with E-state index >= 15 is 0 Å². The second-order valence-corrected chi connectivity index (χ2v) is 3.91. The van der Waals surface area contributed by atoms with E-state index in [4.69, 9.17) is 5.41 Å². The van der Waals surface area contributed by atoms with E-state index in [1.807, 2.05) is 13.8 Å². The molecule has 1 nitrogen and oxygen atoms in total. The lowest BCUT2D eigenvalue weighted by molar-refractivity contribution is 0.819. The van der Waals surface area contributed by atoms with Gasteiger partial charge in [0.2, 0.25) is 0 Å². The Morgan fingerprint density at radius 1 is 1.30 bits per heavy atom. The van der Waals surface area contributed by atoms with Crippen LogP contribution in [-0.4, -0.2) is 5.71 Å². The average molecular weight is 251 g/mol. The Morgan fingerprint density at radius 3 is 1.80 bits per heavy atom. The molecule has 0 rings (SSSR count). The second kappa shape index (κ2) is 4.11. The van der Waals surface area contributed by atoms with Gasteiger partial charge in [-0.05, 0) is 51.5 Å². The third-order valence-corrected chi connectivity index (χ3v) is 3.48. The molecule has 0 aliphatic heterocycles. The second-order valence-electron chi connectivity index (χ2n) is 2.75. The molecule has 0 spiro atoms. The Labute approximate surface area is 76.6 Å². The molecule has 0 atom stereocenters. The summed E-state index contributed by atoms with van der Waals surface area (Å²) in [5.41, 5.74) is 1.80. The van der Waals surface area contributed by atoms with Crippen molar-refractivity contribution in [1.82, 2.24) is 0 Å². The lowest BCUT2D eigenvalue weighted by atomic mass is 10.1. The topological polar surface area (TPSA) is 23.9 Å². The number of hydrogen-bond donors (Lipinski definition) is 1. The largest absolute Gasteiger partial charge is 0.305 e. The van der Waals surface area contributed by atoms with Gasteiger partial charge in [0.15, 0.2) is 0 Å². The molecule has 0 amide bonds. The third-order valence-electron chi connectivity index (χ3n) is 1.43. The van der Waals surface area contributed by atoms with E-state index in [1.54, 1.807) is 0 Å². The highest BCUT2D eigenvalue weighted by Gasteiger charge is 2.03. The normalized spacial score (nSPS) is 13.4. The number of nitrogens with one attached hydrogen (secondary N) is 1. The highest BCUT2D eigenvalue weighted by molar-refractivity contribution is 14.1. The van der Waals surface area contributed by atoms with Crippen LogP contribution in [0.2, 0.25) is 0 Å². The van der Waals surface area contributed by atoms with Crippen LogP contribution in [0, 0.1) is 11.3 Å². The number of hydrogen-bond acceptors (Lipinski definition) is 1. The van der Waals surface area contributed by atoms with Gasteiger partial charge in [-0.2, -0.15) is 0 Å². The van der Waals surface area contributed by atoms with Crippen LogP contribution in [0.15, 0.2) is 9.15 Å². The molecule has 0 saturated heterocycles. The zero-order valence-electron chi connectivity index (χ0n) is 6.96. The van der Waals surface area contributed by atoms with E-state index in [0.717, 1.165) is 5.57 Å². The van der Waals surface area contributed by atoms with E-state index < -0.39 is 0 Å². The van der Waals surface area contributed by atoms with Crippen molar-refractivity contribution >= 4 is 28.3 Å². The Hall–Kier alpha value is 0.140. The number of allylic oxidation sites excluding steroid dienone is 2. The highest BCUT2D eigenvalue weighted by Crippen LogP contribution is 2.22. The average Bonchev–Trinajstić information content (AvgIpc) is 1.84. The van der Waals surface area contributed by atoms with Gasteiger partial charge >= 0.3 is 0 Å². The molecule has 58 valence electrons. The molecule has 0 unspecified atom stereocenters. The van der Waals surface area contributed by atoms with Gasteiger partial charge in [-0.3, -0.25) is 0 Å². The molecule has 0 aromatic heterocycles. The van der Waals surface area contributed by atoms with Crippen molar-refractivity contribution in [3.63, 3.8) is 0 Å². The Kier molecular flexibility index (Phi) is 4.17. The maximum absolute atomic E-state index is 7.36. The van der Waals surface area contributed by atoms with Crippen molar-refractivity contribution < 1.29 is 0 Å². The summed E-state index contributed by atoms with van der Waals surface area (Å²) in [6.45, 7) is 8.13. The predicted molar refractivity (Wildman–Crippen MR) is 55.0 cm³/mol. The SMILES string of the molecule is CC(=N)/C(C)=C(\I)C(C)C. The van der Waals surface area contributed by atoms with Crippen LogP contribution in [0.25, 0.3) is 0 Å². The molecule has 0 bridgehead atoms. The minimum absolute atomic E-state index is 0.556. The van der Waals surface area contributed by atoms with Crippen LogP contribution < -0.4 is 0 Å². The van der Waals surface area contributed by atoms with Crippen molar-refractivity contribution in [1.29, 1.82) is 5.41 Å². The van der Waals surface area contributed by atoms with Gasteiger partial charge in [-0.1, -0.05) is 13.8 Å². The summed E-state index contributed by atoms with van der Waals surface area (Å²) in [5.74, 6) is 0.556. The van der Waals surface area contributed by atoms with Crippen LogP contribution >= 0.6 is 22.6 Å². The van der Waals surface area contributed by atoms with Crippen molar-refractivity contribution in [2.75, 3.05) is 0 Å². The summed E-state index contributed by atoms with van der Waals surface area (Å²) < 4.78 is 1.30. The number of rotatable bonds is 2. The van der Waals surface area contributed by atoms with Gasteiger partial charge in [0.05, 0.1) is 0 Å². The summed E-state index contributed by atoms with van der Waals surface area (Å²) in [6, 6.07) is 0. The molecule has 0 aromatic carbocycles. The molecule has 0 aliphatic rings. The van der Waals surface area contributed by atoms with E-state index in [-0.39, 0.29) is 0 Å². The summed E-state index contributed by atoms with van der Waals surface area (Å²) in [5, 5.41) is 7.36. The van der Waals surface area contributed by atoms with Gasteiger partial charge in [-0.25, -0.2) is 0 Å². The fourth-order valence-electron chi connectivity index (χ4n) is 0.612. The van der Waals surface area contributed by atoms with Crippen LogP contribution in [0.1, 0.15) is 27.7 Å². The van der Waals surface area contributed by atoms with Crippen LogP contribution in [0.3, 0.4) is 0 Å². The lowest BCUT2D eigenvalue weighted by Crippen LogP contribution is -1.97. The molecule has 0 aliphatic carbocycles. The van der Waals surface area contributed by atoms with Crippen molar-refractivity contribution in [3.05, 3.63) is 9.15 Å². The zero-order chi connectivity index (χ0) is 8.31. The van der Waals surface area contributed by atoms with Crippen LogP contribution in [0.5, 0.6) is 0 Å². The Morgan fingerprint density at radius 2 is 1.70 bits per heavy atom. The van der Waals surface area contributed by atoms with Crippen molar-refractivity contribution in [3.8, 4) is 0 Å². The monoisotopic (exact) mass is 251 g/mol. The first-order valence-corrected chi connectivity index (χ1v) is 4.46. The first kappa shape index (κ1) is 10.1. The predicted octanol–water partition coefficient (Wildman–Crippen LogP) is 3.39. The smallest absolute Gasteiger partial charge is 0.0319 e. The maximum atomic E-state index is 7.36. The van der Waals surface area contributed by atoms with Gasteiger partial charge in [0, 0.05) is 5.71 Å². The van der Waals surface area contributed by atoms with Crippen molar-refractivity contribution in [2.24, 2.45) is 5.92 Å². The van der Waals surface area contributed by atoms with E-state index in [0.29, 0.717) is 11.6 Å². The molecule has 0 heterocycles. The third kappa shape index (κ3) is 2.82. The van der Waals surface area contributed by atoms with Gasteiger partial charge in [0.25, 0.3) is 0 Å². The zero-order valence-corrected chi connectivity index (χ0v) is 9.11. The van der Waals surface area contributed by atoms with Gasteiger partial charge < -0.3 is 5.41 Å². The van der Waals surface area contributed by atoms with E-state index in [9.17, 15) is 0 Å². The molecule has 0 saturated carbocycles. The van der Waals surface area contributed by atoms with E-state index in [1.165, 1.54) is 3.58 Å². The van der Waals surface area contributed by atoms with Crippen molar-refractivity contribution in [2.45, 2.75) is 27.7 Å². The van der Waals surface area contributed by atoms with E-state index in [2.05, 4.69) is 36.4 Å². The summed E-state index contributed by atoms with van der Waals surface area (Å²) in [6.07, 6.45) is 0. The molecule has 0 fully saturated rings. The standard InChI is InChI=1S/C8H14IN/c1-5(2)8(9)6(3)7(4)10/h5,10H,1-4H3/b8-6-,10-7?. The minimum Gasteiger partial charge on any atom is -0.305 e. The molecule has 0 radical (unpaired) electrons. The van der Waals surface area contributed by atoms with Gasteiger partial charge in [-0.15, -0.1) is 0 Å². The molecule has 1 N–H and O–H groups in total.